The second kappa shape index (κ2) is 6.39. The van der Waals surface area contributed by atoms with E-state index in [9.17, 15) is 14.7 Å². The maximum atomic E-state index is 12.7. The fraction of sp³-hybridized carbons (Fsp3) is 0.467. The SMILES string of the molecule is CCC1SCC(C(=O)O)N1C(=O)c1ccc(C)c(OC)c1. The summed E-state index contributed by atoms with van der Waals surface area (Å²) in [6.07, 6.45) is 0.725. The number of aliphatic carboxylic acids is 1. The summed E-state index contributed by atoms with van der Waals surface area (Å²) in [4.78, 5) is 25.5. The molecular formula is C15H19NO4S. The third kappa shape index (κ3) is 3.00. The van der Waals surface area contributed by atoms with E-state index in [1.165, 1.54) is 16.7 Å². The lowest BCUT2D eigenvalue weighted by Crippen LogP contribution is -2.45. The number of amides is 1. The van der Waals surface area contributed by atoms with Crippen LogP contribution in [-0.2, 0) is 4.79 Å². The number of thioether (sulfide) groups is 1. The molecule has 21 heavy (non-hydrogen) atoms. The number of rotatable bonds is 4. The van der Waals surface area contributed by atoms with E-state index in [0.717, 1.165) is 12.0 Å². The van der Waals surface area contributed by atoms with Gasteiger partial charge < -0.3 is 14.7 Å². The normalized spacial score (nSPS) is 21.4. The predicted molar refractivity (Wildman–Crippen MR) is 81.9 cm³/mol. The van der Waals surface area contributed by atoms with Crippen molar-refractivity contribution >= 4 is 23.6 Å². The zero-order valence-corrected chi connectivity index (χ0v) is 13.1. The molecule has 2 atom stereocenters. The van der Waals surface area contributed by atoms with Crippen LogP contribution in [-0.4, -0.2) is 46.2 Å². The van der Waals surface area contributed by atoms with Crippen molar-refractivity contribution in [3.63, 3.8) is 0 Å². The Labute approximate surface area is 128 Å². The molecule has 0 aromatic heterocycles. The van der Waals surface area contributed by atoms with Gasteiger partial charge >= 0.3 is 5.97 Å². The van der Waals surface area contributed by atoms with Crippen molar-refractivity contribution in [1.82, 2.24) is 4.90 Å². The standard InChI is InChI=1S/C15H19NO4S/c1-4-13-16(11(8-21-13)15(18)19)14(17)10-6-5-9(2)12(7-10)20-3/h5-7,11,13H,4,8H2,1-3H3,(H,18,19). The largest absolute Gasteiger partial charge is 0.496 e. The zero-order valence-electron chi connectivity index (χ0n) is 12.3. The summed E-state index contributed by atoms with van der Waals surface area (Å²) in [5.74, 6) is -0.140. The molecule has 0 saturated carbocycles. The molecule has 1 aromatic rings. The van der Waals surface area contributed by atoms with Crippen LogP contribution in [0.4, 0.5) is 0 Å². The monoisotopic (exact) mass is 309 g/mol. The van der Waals surface area contributed by atoms with Gasteiger partial charge in [-0.15, -0.1) is 11.8 Å². The highest BCUT2D eigenvalue weighted by Crippen LogP contribution is 2.33. The number of methoxy groups -OCH3 is 1. The smallest absolute Gasteiger partial charge is 0.327 e. The Balaban J connectivity index is 2.34. The summed E-state index contributed by atoms with van der Waals surface area (Å²) in [5.41, 5.74) is 1.40. The van der Waals surface area contributed by atoms with Crippen LogP contribution in [0, 0.1) is 6.92 Å². The molecule has 1 aliphatic rings. The highest BCUT2D eigenvalue weighted by molar-refractivity contribution is 8.00. The highest BCUT2D eigenvalue weighted by atomic mass is 32.2. The highest BCUT2D eigenvalue weighted by Gasteiger charge is 2.41. The Bertz CT molecular complexity index is 561. The van der Waals surface area contributed by atoms with Crippen LogP contribution in [0.1, 0.15) is 29.3 Å². The van der Waals surface area contributed by atoms with Crippen molar-refractivity contribution in [1.29, 1.82) is 0 Å². The lowest BCUT2D eigenvalue weighted by Gasteiger charge is -2.27. The molecule has 1 aromatic carbocycles. The molecule has 1 fully saturated rings. The third-order valence-corrected chi connectivity index (χ3v) is 5.07. The minimum atomic E-state index is -0.953. The van der Waals surface area contributed by atoms with E-state index in [-0.39, 0.29) is 11.3 Å². The van der Waals surface area contributed by atoms with Crippen molar-refractivity contribution in [2.24, 2.45) is 0 Å². The van der Waals surface area contributed by atoms with Crippen LogP contribution >= 0.6 is 11.8 Å². The molecule has 1 aliphatic heterocycles. The quantitative estimate of drug-likeness (QED) is 0.925. The van der Waals surface area contributed by atoms with E-state index in [4.69, 9.17) is 4.74 Å². The van der Waals surface area contributed by atoms with Gasteiger partial charge in [-0.3, -0.25) is 4.79 Å². The van der Waals surface area contributed by atoms with Crippen molar-refractivity contribution < 1.29 is 19.4 Å². The number of carboxylic acids is 1. The summed E-state index contributed by atoms with van der Waals surface area (Å²) in [7, 11) is 1.55. The van der Waals surface area contributed by atoms with Crippen molar-refractivity contribution in [3.8, 4) is 5.75 Å². The van der Waals surface area contributed by atoms with Crippen LogP contribution in [0.3, 0.4) is 0 Å². The first kappa shape index (κ1) is 15.7. The van der Waals surface area contributed by atoms with Gasteiger partial charge in [0.25, 0.3) is 5.91 Å². The van der Waals surface area contributed by atoms with Gasteiger partial charge in [0, 0.05) is 11.3 Å². The molecule has 2 rings (SSSR count). The number of carboxylic acid groups (broad SMARTS) is 1. The topological polar surface area (TPSA) is 66.8 Å². The second-order valence-corrected chi connectivity index (χ2v) is 6.16. The number of ether oxygens (including phenoxy) is 1. The number of carbonyl (C=O) groups is 2. The summed E-state index contributed by atoms with van der Waals surface area (Å²) >= 11 is 1.52. The average Bonchev–Trinajstić information content (AvgIpc) is 2.91. The predicted octanol–water partition coefficient (Wildman–Crippen LogP) is 2.38. The van der Waals surface area contributed by atoms with E-state index in [2.05, 4.69) is 0 Å². The minimum Gasteiger partial charge on any atom is -0.496 e. The van der Waals surface area contributed by atoms with Crippen LogP contribution in [0.5, 0.6) is 5.75 Å². The molecule has 114 valence electrons. The molecule has 0 bridgehead atoms. The Morgan fingerprint density at radius 3 is 2.76 bits per heavy atom. The van der Waals surface area contributed by atoms with E-state index < -0.39 is 12.0 Å². The molecule has 2 unspecified atom stereocenters. The molecule has 5 nitrogen and oxygen atoms in total. The number of carbonyl (C=O) groups excluding carboxylic acids is 1. The number of nitrogens with zero attached hydrogens (tertiary/aromatic N) is 1. The summed E-state index contributed by atoms with van der Waals surface area (Å²) in [6.45, 7) is 3.85. The van der Waals surface area contributed by atoms with Crippen LogP contribution < -0.4 is 4.74 Å². The van der Waals surface area contributed by atoms with Crippen molar-refractivity contribution in [3.05, 3.63) is 29.3 Å². The van der Waals surface area contributed by atoms with E-state index in [1.54, 1.807) is 19.2 Å². The van der Waals surface area contributed by atoms with E-state index >= 15 is 0 Å². The van der Waals surface area contributed by atoms with Gasteiger partial charge in [0.2, 0.25) is 0 Å². The molecular weight excluding hydrogens is 290 g/mol. The first-order chi connectivity index (χ1) is 9.99. The molecule has 0 radical (unpaired) electrons. The summed E-state index contributed by atoms with van der Waals surface area (Å²) < 4.78 is 5.23. The van der Waals surface area contributed by atoms with Gasteiger partial charge in [-0.2, -0.15) is 0 Å². The number of hydrogen-bond donors (Lipinski definition) is 1. The third-order valence-electron chi connectivity index (χ3n) is 3.62. The molecule has 1 amide bonds. The lowest BCUT2D eigenvalue weighted by molar-refractivity contribution is -0.141. The summed E-state index contributed by atoms with van der Waals surface area (Å²) in [6, 6.07) is 4.44. The fourth-order valence-electron chi connectivity index (χ4n) is 2.44. The van der Waals surface area contributed by atoms with Crippen molar-refractivity contribution in [2.45, 2.75) is 31.7 Å². The first-order valence-electron chi connectivity index (χ1n) is 6.81. The van der Waals surface area contributed by atoms with Gasteiger partial charge in [-0.05, 0) is 31.0 Å². The Morgan fingerprint density at radius 2 is 2.19 bits per heavy atom. The molecule has 0 aliphatic carbocycles. The molecule has 6 heteroatoms. The molecule has 1 N–H and O–H groups in total. The molecule has 1 heterocycles. The van der Waals surface area contributed by atoms with Crippen molar-refractivity contribution in [2.75, 3.05) is 12.9 Å². The van der Waals surface area contributed by atoms with Gasteiger partial charge in [0.15, 0.2) is 0 Å². The van der Waals surface area contributed by atoms with Gasteiger partial charge in [0.1, 0.15) is 11.8 Å². The van der Waals surface area contributed by atoms with Crippen LogP contribution in [0.15, 0.2) is 18.2 Å². The number of benzene rings is 1. The van der Waals surface area contributed by atoms with E-state index in [0.29, 0.717) is 17.1 Å². The Hall–Kier alpha value is -1.69. The zero-order chi connectivity index (χ0) is 15.6. The maximum absolute atomic E-state index is 12.7. The number of aryl methyl sites for hydroxylation is 1. The first-order valence-corrected chi connectivity index (χ1v) is 7.86. The van der Waals surface area contributed by atoms with Gasteiger partial charge in [0.05, 0.1) is 12.5 Å². The van der Waals surface area contributed by atoms with Crippen LogP contribution in [0.2, 0.25) is 0 Å². The van der Waals surface area contributed by atoms with Crippen LogP contribution in [0.25, 0.3) is 0 Å². The van der Waals surface area contributed by atoms with E-state index in [1.807, 2.05) is 19.9 Å². The molecule has 0 spiro atoms. The van der Waals surface area contributed by atoms with Gasteiger partial charge in [-0.25, -0.2) is 4.79 Å². The summed E-state index contributed by atoms with van der Waals surface area (Å²) in [5, 5.41) is 9.21. The maximum Gasteiger partial charge on any atom is 0.327 e. The Kier molecular flexibility index (Phi) is 4.77. The molecule has 1 saturated heterocycles. The average molecular weight is 309 g/mol. The fourth-order valence-corrected chi connectivity index (χ4v) is 3.79. The minimum absolute atomic E-state index is 0.0918. The van der Waals surface area contributed by atoms with Gasteiger partial charge in [-0.1, -0.05) is 13.0 Å². The number of hydrogen-bond acceptors (Lipinski definition) is 4. The lowest BCUT2D eigenvalue weighted by atomic mass is 10.1. The second-order valence-electron chi connectivity index (χ2n) is 4.95. The Morgan fingerprint density at radius 1 is 1.48 bits per heavy atom.